The highest BCUT2D eigenvalue weighted by molar-refractivity contribution is 5.76. The number of anilines is 2. The van der Waals surface area contributed by atoms with E-state index in [9.17, 15) is 0 Å². The van der Waals surface area contributed by atoms with Crippen LogP contribution in [0.1, 0.15) is 32.6 Å². The van der Waals surface area contributed by atoms with E-state index in [1.54, 1.807) is 0 Å². The molecule has 1 saturated carbocycles. The average Bonchev–Trinajstić information content (AvgIpc) is 2.76. The molecule has 0 saturated heterocycles. The number of benzene rings is 1. The molecule has 1 fully saturated rings. The Morgan fingerprint density at radius 1 is 1.17 bits per heavy atom. The van der Waals surface area contributed by atoms with Crippen LogP contribution >= 0.6 is 0 Å². The monoisotopic (exact) mass is 246 g/mol. The van der Waals surface area contributed by atoms with Gasteiger partial charge in [0.05, 0.1) is 12.3 Å². The van der Waals surface area contributed by atoms with Crippen LogP contribution in [0.25, 0.3) is 0 Å². The van der Waals surface area contributed by atoms with Crippen LogP contribution in [0.2, 0.25) is 0 Å². The van der Waals surface area contributed by atoms with E-state index in [0.717, 1.165) is 24.5 Å². The fraction of sp³-hybridized carbons (Fsp3) is 0.600. The molecule has 0 atom stereocenters. The lowest BCUT2D eigenvalue weighted by Gasteiger charge is -2.27. The molecule has 1 heterocycles. The van der Waals surface area contributed by atoms with E-state index in [1.807, 2.05) is 13.0 Å². The van der Waals surface area contributed by atoms with Crippen LogP contribution in [-0.4, -0.2) is 19.7 Å². The van der Waals surface area contributed by atoms with Gasteiger partial charge in [0.1, 0.15) is 11.4 Å². The predicted octanol–water partition coefficient (Wildman–Crippen LogP) is 3.48. The zero-order valence-electron chi connectivity index (χ0n) is 11.1. The van der Waals surface area contributed by atoms with E-state index >= 15 is 0 Å². The van der Waals surface area contributed by atoms with Gasteiger partial charge in [-0.05, 0) is 31.9 Å². The van der Waals surface area contributed by atoms with Crippen molar-refractivity contribution in [3.63, 3.8) is 0 Å². The van der Waals surface area contributed by atoms with E-state index in [0.29, 0.717) is 12.0 Å². The Balaban J connectivity index is 1.86. The van der Waals surface area contributed by atoms with Gasteiger partial charge < -0.3 is 15.4 Å². The summed E-state index contributed by atoms with van der Waals surface area (Å²) in [5.74, 6) is 0.970. The molecule has 1 aromatic rings. The summed E-state index contributed by atoms with van der Waals surface area (Å²) in [4.78, 5) is 0. The molecule has 0 aromatic heterocycles. The van der Waals surface area contributed by atoms with Crippen molar-refractivity contribution < 1.29 is 4.74 Å². The SMILES string of the molecule is CCOc1cccc2c1NCC1(CCCC1)CN2. The van der Waals surface area contributed by atoms with Crippen LogP contribution in [0.3, 0.4) is 0 Å². The highest BCUT2D eigenvalue weighted by Gasteiger charge is 2.35. The minimum absolute atomic E-state index is 0.447. The summed E-state index contributed by atoms with van der Waals surface area (Å²) < 4.78 is 5.71. The zero-order chi connectivity index (χ0) is 12.4. The van der Waals surface area contributed by atoms with Crippen LogP contribution in [0.4, 0.5) is 11.4 Å². The van der Waals surface area contributed by atoms with Crippen molar-refractivity contribution in [2.45, 2.75) is 32.6 Å². The highest BCUT2D eigenvalue weighted by Crippen LogP contribution is 2.43. The molecule has 2 aliphatic rings. The van der Waals surface area contributed by atoms with E-state index < -0.39 is 0 Å². The summed E-state index contributed by atoms with van der Waals surface area (Å²) >= 11 is 0. The van der Waals surface area contributed by atoms with Crippen molar-refractivity contribution in [1.29, 1.82) is 0 Å². The smallest absolute Gasteiger partial charge is 0.144 e. The van der Waals surface area contributed by atoms with Gasteiger partial charge in [0, 0.05) is 18.5 Å². The minimum Gasteiger partial charge on any atom is -0.492 e. The van der Waals surface area contributed by atoms with Crippen LogP contribution in [0.15, 0.2) is 18.2 Å². The fourth-order valence-corrected chi connectivity index (χ4v) is 3.24. The predicted molar refractivity (Wildman–Crippen MR) is 75.5 cm³/mol. The van der Waals surface area contributed by atoms with Crippen LogP contribution < -0.4 is 15.4 Å². The third-order valence-corrected chi connectivity index (χ3v) is 4.28. The van der Waals surface area contributed by atoms with Crippen LogP contribution in [-0.2, 0) is 0 Å². The summed E-state index contributed by atoms with van der Waals surface area (Å²) in [6.07, 6.45) is 5.42. The minimum atomic E-state index is 0.447. The first kappa shape index (κ1) is 11.7. The maximum atomic E-state index is 5.71. The van der Waals surface area contributed by atoms with Crippen LogP contribution in [0.5, 0.6) is 5.75 Å². The normalized spacial score (nSPS) is 20.7. The van der Waals surface area contributed by atoms with Crippen molar-refractivity contribution in [3.8, 4) is 5.75 Å². The lowest BCUT2D eigenvalue weighted by molar-refractivity contribution is 0.337. The molecule has 1 aromatic carbocycles. The molecular formula is C15H22N2O. The Morgan fingerprint density at radius 3 is 2.72 bits per heavy atom. The second kappa shape index (κ2) is 4.71. The molecule has 0 radical (unpaired) electrons. The highest BCUT2D eigenvalue weighted by atomic mass is 16.5. The topological polar surface area (TPSA) is 33.3 Å². The second-order valence-electron chi connectivity index (χ2n) is 5.53. The molecule has 1 aliphatic heterocycles. The summed E-state index contributed by atoms with van der Waals surface area (Å²) in [7, 11) is 0. The number of rotatable bonds is 2. The van der Waals surface area contributed by atoms with Crippen molar-refractivity contribution in [2.75, 3.05) is 30.3 Å². The summed E-state index contributed by atoms with van der Waals surface area (Å²) in [6, 6.07) is 6.24. The molecule has 2 N–H and O–H groups in total. The number of ether oxygens (including phenoxy) is 1. The molecule has 3 rings (SSSR count). The molecule has 0 unspecified atom stereocenters. The molecule has 98 valence electrons. The van der Waals surface area contributed by atoms with Crippen molar-refractivity contribution in [3.05, 3.63) is 18.2 Å². The molecule has 3 heteroatoms. The standard InChI is InChI=1S/C15H22N2O/c1-2-18-13-7-5-6-12-14(13)17-11-15(10-16-12)8-3-4-9-15/h5-7,16-17H,2-4,8-11H2,1H3. The average molecular weight is 246 g/mol. The fourth-order valence-electron chi connectivity index (χ4n) is 3.24. The summed E-state index contributed by atoms with van der Waals surface area (Å²) in [5, 5.41) is 7.24. The van der Waals surface area contributed by atoms with E-state index in [2.05, 4.69) is 22.8 Å². The summed E-state index contributed by atoms with van der Waals surface area (Å²) in [5.41, 5.74) is 2.77. The molecule has 3 nitrogen and oxygen atoms in total. The van der Waals surface area contributed by atoms with Crippen molar-refractivity contribution >= 4 is 11.4 Å². The van der Waals surface area contributed by atoms with E-state index in [1.165, 1.54) is 31.4 Å². The maximum Gasteiger partial charge on any atom is 0.144 e. The largest absolute Gasteiger partial charge is 0.492 e. The van der Waals surface area contributed by atoms with E-state index in [-0.39, 0.29) is 0 Å². The number of nitrogens with one attached hydrogen (secondary N) is 2. The Kier molecular flexibility index (Phi) is 3.06. The van der Waals surface area contributed by atoms with Crippen molar-refractivity contribution in [1.82, 2.24) is 0 Å². The van der Waals surface area contributed by atoms with Gasteiger partial charge in [0.2, 0.25) is 0 Å². The quantitative estimate of drug-likeness (QED) is 0.838. The lowest BCUT2D eigenvalue weighted by atomic mass is 9.86. The third kappa shape index (κ3) is 2.02. The Hall–Kier alpha value is -1.38. The Bertz CT molecular complexity index is 425. The first-order valence-electron chi connectivity index (χ1n) is 7.07. The van der Waals surface area contributed by atoms with Gasteiger partial charge in [-0.1, -0.05) is 18.9 Å². The molecule has 1 aliphatic carbocycles. The first-order chi connectivity index (χ1) is 8.83. The maximum absolute atomic E-state index is 5.71. The van der Waals surface area contributed by atoms with Gasteiger partial charge in [-0.3, -0.25) is 0 Å². The Labute approximate surface area is 109 Å². The van der Waals surface area contributed by atoms with Gasteiger partial charge in [-0.25, -0.2) is 0 Å². The number of hydrogen-bond donors (Lipinski definition) is 2. The van der Waals surface area contributed by atoms with Gasteiger partial charge in [-0.15, -0.1) is 0 Å². The van der Waals surface area contributed by atoms with Gasteiger partial charge >= 0.3 is 0 Å². The lowest BCUT2D eigenvalue weighted by Crippen LogP contribution is -2.31. The zero-order valence-corrected chi connectivity index (χ0v) is 11.1. The third-order valence-electron chi connectivity index (χ3n) is 4.28. The van der Waals surface area contributed by atoms with Gasteiger partial charge in [0.15, 0.2) is 0 Å². The number of para-hydroxylation sites is 1. The molecule has 1 spiro atoms. The number of hydrogen-bond acceptors (Lipinski definition) is 3. The Morgan fingerprint density at radius 2 is 1.94 bits per heavy atom. The van der Waals surface area contributed by atoms with E-state index in [4.69, 9.17) is 4.74 Å². The second-order valence-corrected chi connectivity index (χ2v) is 5.53. The van der Waals surface area contributed by atoms with Gasteiger partial charge in [0.25, 0.3) is 0 Å². The molecular weight excluding hydrogens is 224 g/mol. The molecule has 0 amide bonds. The number of fused-ring (bicyclic) bond motifs is 1. The molecule has 0 bridgehead atoms. The summed E-state index contributed by atoms with van der Waals surface area (Å²) in [6.45, 7) is 4.89. The molecule has 18 heavy (non-hydrogen) atoms. The first-order valence-corrected chi connectivity index (χ1v) is 7.07. The van der Waals surface area contributed by atoms with Crippen LogP contribution in [0, 0.1) is 5.41 Å². The van der Waals surface area contributed by atoms with Gasteiger partial charge in [-0.2, -0.15) is 0 Å². The van der Waals surface area contributed by atoms with Crippen molar-refractivity contribution in [2.24, 2.45) is 5.41 Å².